The molecule has 0 atom stereocenters. The van der Waals surface area contributed by atoms with Crippen LogP contribution in [0.5, 0.6) is 0 Å². The van der Waals surface area contributed by atoms with Crippen LogP contribution in [0.25, 0.3) is 0 Å². The summed E-state index contributed by atoms with van der Waals surface area (Å²) in [5.74, 6) is -3.10. The summed E-state index contributed by atoms with van der Waals surface area (Å²) in [6.45, 7) is 0. The van der Waals surface area contributed by atoms with Crippen LogP contribution >= 0.6 is 11.8 Å². The van der Waals surface area contributed by atoms with Gasteiger partial charge in [-0.3, -0.25) is 9.59 Å². The molecule has 0 aromatic carbocycles. The SMILES string of the molecule is COC(=O)C(C(=O)OC)/C(=N/C(N)=O)SC. The third kappa shape index (κ3) is 3.89. The maximum absolute atomic E-state index is 11.3. The van der Waals surface area contributed by atoms with Gasteiger partial charge in [0.15, 0.2) is 0 Å². The number of carbonyl (C=O) groups excluding carboxylic acids is 3. The third-order valence-corrected chi connectivity index (χ3v) is 2.30. The van der Waals surface area contributed by atoms with Gasteiger partial charge in [0.1, 0.15) is 5.04 Å². The lowest BCUT2D eigenvalue weighted by Crippen LogP contribution is -2.33. The molecule has 0 aromatic rings. The quantitative estimate of drug-likeness (QED) is 0.320. The molecular formula is C8H12N2O5S. The molecule has 0 aliphatic carbocycles. The molecule has 0 radical (unpaired) electrons. The highest BCUT2D eigenvalue weighted by Gasteiger charge is 2.34. The van der Waals surface area contributed by atoms with Crippen LogP contribution in [-0.4, -0.2) is 43.5 Å². The van der Waals surface area contributed by atoms with E-state index in [1.54, 1.807) is 6.26 Å². The highest BCUT2D eigenvalue weighted by molar-refractivity contribution is 8.13. The number of hydrogen-bond acceptors (Lipinski definition) is 6. The average Bonchev–Trinajstić information content (AvgIpc) is 2.26. The summed E-state index contributed by atoms with van der Waals surface area (Å²) in [4.78, 5) is 36.6. The molecule has 0 fully saturated rings. The van der Waals surface area contributed by atoms with Gasteiger partial charge in [-0.25, -0.2) is 4.79 Å². The van der Waals surface area contributed by atoms with Gasteiger partial charge in [-0.1, -0.05) is 0 Å². The van der Waals surface area contributed by atoms with E-state index in [4.69, 9.17) is 5.73 Å². The minimum Gasteiger partial charge on any atom is -0.468 e. The van der Waals surface area contributed by atoms with Crippen molar-refractivity contribution in [2.75, 3.05) is 20.5 Å². The van der Waals surface area contributed by atoms with Crippen molar-refractivity contribution in [2.24, 2.45) is 16.6 Å². The van der Waals surface area contributed by atoms with Crippen molar-refractivity contribution in [1.82, 2.24) is 0 Å². The molecule has 8 heteroatoms. The van der Waals surface area contributed by atoms with Gasteiger partial charge >= 0.3 is 18.0 Å². The lowest BCUT2D eigenvalue weighted by atomic mass is 10.2. The van der Waals surface area contributed by atoms with Gasteiger partial charge < -0.3 is 15.2 Å². The van der Waals surface area contributed by atoms with E-state index in [0.29, 0.717) is 0 Å². The second-order valence-corrected chi connectivity index (χ2v) is 3.30. The number of nitrogens with zero attached hydrogens (tertiary/aromatic N) is 1. The Balaban J connectivity index is 5.22. The number of esters is 2. The summed E-state index contributed by atoms with van der Waals surface area (Å²) in [6.07, 6.45) is 1.54. The Morgan fingerprint density at radius 2 is 1.62 bits per heavy atom. The fourth-order valence-electron chi connectivity index (χ4n) is 0.870. The molecule has 2 N–H and O–H groups in total. The molecule has 0 unspecified atom stereocenters. The second kappa shape index (κ2) is 6.83. The molecule has 7 nitrogen and oxygen atoms in total. The number of primary amides is 1. The number of rotatable bonds is 3. The number of amides is 2. The minimum atomic E-state index is -1.38. The summed E-state index contributed by atoms with van der Waals surface area (Å²) in [6, 6.07) is -0.998. The van der Waals surface area contributed by atoms with Crippen molar-refractivity contribution in [3.8, 4) is 0 Å². The van der Waals surface area contributed by atoms with E-state index in [-0.39, 0.29) is 5.04 Å². The summed E-state index contributed by atoms with van der Waals surface area (Å²) in [5, 5.41) is -0.0637. The molecule has 16 heavy (non-hydrogen) atoms. The first-order chi connectivity index (χ1) is 7.47. The first-order valence-corrected chi connectivity index (χ1v) is 5.28. The zero-order valence-corrected chi connectivity index (χ0v) is 9.87. The van der Waals surface area contributed by atoms with E-state index in [1.807, 2.05) is 0 Å². The van der Waals surface area contributed by atoms with Crippen LogP contribution in [0.4, 0.5) is 4.79 Å². The fourth-order valence-corrected chi connectivity index (χ4v) is 1.48. The normalized spacial score (nSPS) is 11.1. The molecule has 0 aliphatic heterocycles. The molecule has 0 saturated carbocycles. The molecule has 0 aromatic heterocycles. The van der Waals surface area contributed by atoms with Gasteiger partial charge in [0, 0.05) is 0 Å². The number of aliphatic imine (C=N–C) groups is 1. The van der Waals surface area contributed by atoms with E-state index < -0.39 is 23.9 Å². The first kappa shape index (κ1) is 14.4. The van der Waals surface area contributed by atoms with E-state index in [0.717, 1.165) is 26.0 Å². The van der Waals surface area contributed by atoms with Crippen LogP contribution in [0, 0.1) is 5.92 Å². The van der Waals surface area contributed by atoms with E-state index in [1.165, 1.54) is 0 Å². The van der Waals surface area contributed by atoms with Gasteiger partial charge in [0.05, 0.1) is 14.2 Å². The summed E-state index contributed by atoms with van der Waals surface area (Å²) < 4.78 is 8.83. The number of urea groups is 1. The number of thioether (sulfide) groups is 1. The maximum atomic E-state index is 11.3. The molecular weight excluding hydrogens is 236 g/mol. The lowest BCUT2D eigenvalue weighted by Gasteiger charge is -2.12. The largest absolute Gasteiger partial charge is 0.468 e. The number of carbonyl (C=O) groups is 3. The van der Waals surface area contributed by atoms with Crippen molar-refractivity contribution in [3.63, 3.8) is 0 Å². The minimum absolute atomic E-state index is 0.0637. The maximum Gasteiger partial charge on any atom is 0.339 e. The fraction of sp³-hybridized carbons (Fsp3) is 0.500. The van der Waals surface area contributed by atoms with Gasteiger partial charge in [-0.05, 0) is 6.26 Å². The summed E-state index contributed by atoms with van der Waals surface area (Å²) >= 11 is 0.941. The van der Waals surface area contributed by atoms with E-state index >= 15 is 0 Å². The van der Waals surface area contributed by atoms with Gasteiger partial charge in [-0.15, -0.1) is 11.8 Å². The number of methoxy groups -OCH3 is 2. The molecule has 0 saturated heterocycles. The molecule has 2 amide bonds. The highest BCUT2D eigenvalue weighted by Crippen LogP contribution is 2.14. The van der Waals surface area contributed by atoms with Crippen molar-refractivity contribution >= 4 is 34.8 Å². The molecule has 0 aliphatic rings. The van der Waals surface area contributed by atoms with Crippen molar-refractivity contribution in [1.29, 1.82) is 0 Å². The van der Waals surface area contributed by atoms with Crippen LogP contribution in [0.2, 0.25) is 0 Å². The number of nitrogens with two attached hydrogens (primary N) is 1. The van der Waals surface area contributed by atoms with Crippen LogP contribution in [0.15, 0.2) is 4.99 Å². The Bertz CT molecular complexity index is 312. The van der Waals surface area contributed by atoms with Crippen molar-refractivity contribution < 1.29 is 23.9 Å². The van der Waals surface area contributed by atoms with E-state index in [2.05, 4.69) is 14.5 Å². The van der Waals surface area contributed by atoms with Gasteiger partial charge in [0.2, 0.25) is 5.92 Å². The Hall–Kier alpha value is -1.57. The standard InChI is InChI=1S/C8H12N2O5S/c1-14-6(11)4(7(12)15-2)5(16-3)10-8(9)13/h4H,1-3H3,(H2,9,13)/b10-5-. The summed E-state index contributed by atoms with van der Waals surface area (Å²) in [5.41, 5.74) is 4.85. The van der Waals surface area contributed by atoms with Crippen LogP contribution < -0.4 is 5.73 Å². The topological polar surface area (TPSA) is 108 Å². The van der Waals surface area contributed by atoms with Gasteiger partial charge in [0.25, 0.3) is 0 Å². The zero-order valence-electron chi connectivity index (χ0n) is 9.05. The average molecular weight is 248 g/mol. The van der Waals surface area contributed by atoms with E-state index in [9.17, 15) is 14.4 Å². The zero-order chi connectivity index (χ0) is 12.7. The van der Waals surface area contributed by atoms with Crippen molar-refractivity contribution in [2.45, 2.75) is 0 Å². The monoisotopic (exact) mass is 248 g/mol. The Kier molecular flexibility index (Phi) is 6.16. The molecule has 90 valence electrons. The molecule has 0 spiro atoms. The van der Waals surface area contributed by atoms with Crippen molar-refractivity contribution in [3.05, 3.63) is 0 Å². The van der Waals surface area contributed by atoms with Crippen LogP contribution in [-0.2, 0) is 19.1 Å². The van der Waals surface area contributed by atoms with Crippen LogP contribution in [0.1, 0.15) is 0 Å². The molecule has 0 bridgehead atoms. The highest BCUT2D eigenvalue weighted by atomic mass is 32.2. The Morgan fingerprint density at radius 1 is 1.19 bits per heavy atom. The Labute approximate surface area is 96.4 Å². The number of ether oxygens (including phenoxy) is 2. The molecule has 0 rings (SSSR count). The van der Waals surface area contributed by atoms with Gasteiger partial charge in [-0.2, -0.15) is 4.99 Å². The number of hydrogen-bond donors (Lipinski definition) is 1. The smallest absolute Gasteiger partial charge is 0.339 e. The first-order valence-electron chi connectivity index (χ1n) is 4.05. The second-order valence-electron chi connectivity index (χ2n) is 2.47. The predicted octanol–water partition coefficient (Wildman–Crippen LogP) is -0.211. The predicted molar refractivity (Wildman–Crippen MR) is 58.1 cm³/mol. The lowest BCUT2D eigenvalue weighted by molar-refractivity contribution is -0.154. The third-order valence-electron chi connectivity index (χ3n) is 1.55. The Morgan fingerprint density at radius 3 is 1.88 bits per heavy atom. The van der Waals surface area contributed by atoms with Crippen LogP contribution in [0.3, 0.4) is 0 Å². The summed E-state index contributed by atoms with van der Waals surface area (Å²) in [7, 11) is 2.22. The molecule has 0 heterocycles.